The maximum atomic E-state index is 12.7. The minimum atomic E-state index is -3.57. The number of nitrogens with zero attached hydrogens (tertiary/aromatic N) is 2. The third kappa shape index (κ3) is 4.45. The number of hydrogen-bond acceptors (Lipinski definition) is 5. The molecule has 0 bridgehead atoms. The van der Waals surface area contributed by atoms with Gasteiger partial charge in [0.2, 0.25) is 10.0 Å². The van der Waals surface area contributed by atoms with Crippen LogP contribution in [-0.2, 0) is 10.0 Å². The molecule has 0 atom stereocenters. The summed E-state index contributed by atoms with van der Waals surface area (Å²) in [4.78, 5) is 16.7. The quantitative estimate of drug-likeness (QED) is 0.797. The van der Waals surface area contributed by atoms with Gasteiger partial charge < -0.3 is 14.9 Å². The number of rotatable bonds is 5. The predicted octanol–water partition coefficient (Wildman–Crippen LogP) is 2.04. The first-order valence-corrected chi connectivity index (χ1v) is 10.7. The molecule has 2 aromatic rings. The number of hydrogen-bond donors (Lipinski definition) is 2. The van der Waals surface area contributed by atoms with E-state index in [4.69, 9.17) is 0 Å². The Hall–Kier alpha value is -2.58. The number of para-hydroxylation sites is 2. The van der Waals surface area contributed by atoms with E-state index >= 15 is 0 Å². The molecule has 7 nitrogen and oxygen atoms in total. The molecule has 1 amide bonds. The van der Waals surface area contributed by atoms with E-state index in [1.54, 1.807) is 43.0 Å². The lowest BCUT2D eigenvalue weighted by Gasteiger charge is -2.36. The highest BCUT2D eigenvalue weighted by Crippen LogP contribution is 2.27. The molecule has 0 unspecified atom stereocenters. The van der Waals surface area contributed by atoms with E-state index in [2.05, 4.69) is 4.72 Å². The Bertz CT molecular complexity index is 934. The first-order chi connectivity index (χ1) is 13.3. The molecule has 0 radical (unpaired) electrons. The van der Waals surface area contributed by atoms with Crippen LogP contribution >= 0.6 is 0 Å². The largest absolute Gasteiger partial charge is 0.506 e. The summed E-state index contributed by atoms with van der Waals surface area (Å²) in [7, 11) is -3.57. The number of piperazine rings is 1. The normalized spacial score (nSPS) is 15.1. The Morgan fingerprint density at radius 1 is 1.00 bits per heavy atom. The zero-order valence-corrected chi connectivity index (χ0v) is 16.8. The van der Waals surface area contributed by atoms with Gasteiger partial charge in [-0.25, -0.2) is 13.1 Å². The summed E-state index contributed by atoms with van der Waals surface area (Å²) in [5, 5.41) is 9.99. The van der Waals surface area contributed by atoms with Crippen molar-refractivity contribution in [2.75, 3.05) is 31.1 Å². The molecule has 0 saturated carbocycles. The average molecular weight is 404 g/mol. The van der Waals surface area contributed by atoms with Crippen molar-refractivity contribution in [1.82, 2.24) is 9.62 Å². The van der Waals surface area contributed by atoms with E-state index < -0.39 is 10.0 Å². The minimum Gasteiger partial charge on any atom is -0.506 e. The van der Waals surface area contributed by atoms with Crippen LogP contribution in [0.5, 0.6) is 5.75 Å². The molecule has 0 spiro atoms. The van der Waals surface area contributed by atoms with E-state index in [1.165, 1.54) is 12.1 Å². The fourth-order valence-electron chi connectivity index (χ4n) is 3.22. The number of carbonyl (C=O) groups is 1. The van der Waals surface area contributed by atoms with Gasteiger partial charge in [0.25, 0.3) is 5.91 Å². The molecule has 1 aliphatic rings. The number of amides is 1. The van der Waals surface area contributed by atoms with Gasteiger partial charge in [-0.2, -0.15) is 0 Å². The molecule has 8 heteroatoms. The van der Waals surface area contributed by atoms with Crippen LogP contribution in [0.1, 0.15) is 24.2 Å². The molecular formula is C20H25N3O4S. The van der Waals surface area contributed by atoms with Crippen LogP contribution in [0.25, 0.3) is 0 Å². The van der Waals surface area contributed by atoms with Crippen molar-refractivity contribution >= 4 is 21.6 Å². The summed E-state index contributed by atoms with van der Waals surface area (Å²) in [5.41, 5.74) is 1.22. The number of nitrogens with one attached hydrogen (secondary N) is 1. The number of aromatic hydroxyl groups is 1. The Kier molecular flexibility index (Phi) is 5.90. The topological polar surface area (TPSA) is 90.0 Å². The molecule has 150 valence electrons. The number of benzene rings is 2. The van der Waals surface area contributed by atoms with Gasteiger partial charge in [-0.1, -0.05) is 12.1 Å². The van der Waals surface area contributed by atoms with Crippen molar-refractivity contribution in [1.29, 1.82) is 0 Å². The highest BCUT2D eigenvalue weighted by molar-refractivity contribution is 7.89. The van der Waals surface area contributed by atoms with Crippen molar-refractivity contribution in [2.45, 2.75) is 24.8 Å². The highest BCUT2D eigenvalue weighted by atomic mass is 32.2. The highest BCUT2D eigenvalue weighted by Gasteiger charge is 2.24. The Morgan fingerprint density at radius 3 is 2.18 bits per heavy atom. The van der Waals surface area contributed by atoms with Crippen molar-refractivity contribution in [3.05, 3.63) is 54.1 Å². The summed E-state index contributed by atoms with van der Waals surface area (Å²) in [6.07, 6.45) is 0. The van der Waals surface area contributed by atoms with Gasteiger partial charge in [-0.15, -0.1) is 0 Å². The number of anilines is 1. The zero-order chi connectivity index (χ0) is 20.3. The molecule has 28 heavy (non-hydrogen) atoms. The lowest BCUT2D eigenvalue weighted by Crippen LogP contribution is -2.48. The van der Waals surface area contributed by atoms with Crippen LogP contribution in [0.2, 0.25) is 0 Å². The van der Waals surface area contributed by atoms with Crippen LogP contribution < -0.4 is 9.62 Å². The number of carbonyl (C=O) groups excluding carboxylic acids is 1. The minimum absolute atomic E-state index is 0.127. The number of phenolic OH excluding ortho intramolecular Hbond substituents is 1. The third-order valence-electron chi connectivity index (χ3n) is 4.59. The second kappa shape index (κ2) is 8.20. The van der Waals surface area contributed by atoms with E-state index in [0.717, 1.165) is 5.69 Å². The predicted molar refractivity (Wildman–Crippen MR) is 108 cm³/mol. The molecule has 1 saturated heterocycles. The molecule has 2 N–H and O–H groups in total. The fraction of sp³-hybridized carbons (Fsp3) is 0.350. The zero-order valence-electron chi connectivity index (χ0n) is 16.0. The fourth-order valence-corrected chi connectivity index (χ4v) is 4.47. The standard InChI is InChI=1S/C20H25N3O4S/c1-15(2)21-28(26,27)17-9-7-16(8-10-17)20(25)23-13-11-22(12-14-23)18-5-3-4-6-19(18)24/h3-10,15,21,24H,11-14H2,1-2H3. The summed E-state index contributed by atoms with van der Waals surface area (Å²) < 4.78 is 26.9. The van der Waals surface area contributed by atoms with Gasteiger partial charge >= 0.3 is 0 Å². The van der Waals surface area contributed by atoms with Gasteiger partial charge in [-0.3, -0.25) is 4.79 Å². The molecule has 3 rings (SSSR count). The van der Waals surface area contributed by atoms with Gasteiger partial charge in [0, 0.05) is 37.8 Å². The number of phenols is 1. The van der Waals surface area contributed by atoms with Crippen molar-refractivity contribution in [2.24, 2.45) is 0 Å². The maximum Gasteiger partial charge on any atom is 0.253 e. The summed E-state index contributed by atoms with van der Waals surface area (Å²) in [6, 6.07) is 13.0. The molecule has 0 aliphatic carbocycles. The molecule has 1 heterocycles. The smallest absolute Gasteiger partial charge is 0.253 e. The summed E-state index contributed by atoms with van der Waals surface area (Å²) >= 11 is 0. The Morgan fingerprint density at radius 2 is 1.61 bits per heavy atom. The second-order valence-corrected chi connectivity index (χ2v) is 8.78. The Labute approximate surface area is 165 Å². The molecular weight excluding hydrogens is 378 g/mol. The number of sulfonamides is 1. The van der Waals surface area contributed by atoms with E-state index in [9.17, 15) is 18.3 Å². The van der Waals surface area contributed by atoms with Gasteiger partial charge in [-0.05, 0) is 50.2 Å². The van der Waals surface area contributed by atoms with E-state index in [1.807, 2.05) is 17.0 Å². The van der Waals surface area contributed by atoms with Gasteiger partial charge in [0.1, 0.15) is 5.75 Å². The van der Waals surface area contributed by atoms with Crippen molar-refractivity contribution in [3.8, 4) is 5.75 Å². The van der Waals surface area contributed by atoms with Crippen molar-refractivity contribution < 1.29 is 18.3 Å². The first kappa shape index (κ1) is 20.2. The van der Waals surface area contributed by atoms with E-state index in [-0.39, 0.29) is 22.6 Å². The maximum absolute atomic E-state index is 12.7. The monoisotopic (exact) mass is 403 g/mol. The Balaban J connectivity index is 1.65. The van der Waals surface area contributed by atoms with Crippen LogP contribution in [-0.4, -0.2) is 56.6 Å². The molecule has 1 aliphatic heterocycles. The molecule has 0 aromatic heterocycles. The van der Waals surface area contributed by atoms with E-state index in [0.29, 0.717) is 31.7 Å². The van der Waals surface area contributed by atoms with Crippen LogP contribution in [0, 0.1) is 0 Å². The lowest BCUT2D eigenvalue weighted by molar-refractivity contribution is 0.0746. The van der Waals surface area contributed by atoms with Crippen LogP contribution in [0.15, 0.2) is 53.4 Å². The lowest BCUT2D eigenvalue weighted by atomic mass is 10.1. The third-order valence-corrected chi connectivity index (χ3v) is 6.27. The second-order valence-electron chi connectivity index (χ2n) is 7.07. The van der Waals surface area contributed by atoms with Gasteiger partial charge in [0.15, 0.2) is 0 Å². The summed E-state index contributed by atoms with van der Waals surface area (Å²) in [5.74, 6) is 0.104. The summed E-state index contributed by atoms with van der Waals surface area (Å²) in [6.45, 7) is 5.81. The van der Waals surface area contributed by atoms with Crippen molar-refractivity contribution in [3.63, 3.8) is 0 Å². The molecule has 2 aromatic carbocycles. The SMILES string of the molecule is CC(C)NS(=O)(=O)c1ccc(C(=O)N2CCN(c3ccccc3O)CC2)cc1. The van der Waals surface area contributed by atoms with Crippen LogP contribution in [0.4, 0.5) is 5.69 Å². The average Bonchev–Trinajstić information content (AvgIpc) is 2.67. The first-order valence-electron chi connectivity index (χ1n) is 9.22. The van der Waals surface area contributed by atoms with Gasteiger partial charge in [0.05, 0.1) is 10.6 Å². The molecule has 1 fully saturated rings. The van der Waals surface area contributed by atoms with Crippen LogP contribution in [0.3, 0.4) is 0 Å².